The average Bonchev–Trinajstić information content (AvgIpc) is 2.97. The molecule has 0 aromatic rings. The molecule has 7 heteroatoms. The van der Waals surface area contributed by atoms with E-state index in [0.29, 0.717) is 24.8 Å². The first-order valence-corrected chi connectivity index (χ1v) is 13.5. The zero-order valence-corrected chi connectivity index (χ0v) is 20.8. The second-order valence-corrected chi connectivity index (χ2v) is 11.9. The molecule has 4 unspecified atom stereocenters. The molecule has 1 heterocycles. The van der Waals surface area contributed by atoms with Gasteiger partial charge in [-0.3, -0.25) is 9.59 Å². The van der Waals surface area contributed by atoms with Gasteiger partial charge < -0.3 is 20.6 Å². The molecule has 188 valence electrons. The number of carbonyl (C=O) groups excluding carboxylic acids is 2. The van der Waals surface area contributed by atoms with Crippen molar-refractivity contribution in [1.29, 1.82) is 0 Å². The summed E-state index contributed by atoms with van der Waals surface area (Å²) in [7, 11) is 0. The molecule has 0 aromatic heterocycles. The zero-order chi connectivity index (χ0) is 23.9. The number of rotatable bonds is 4. The van der Waals surface area contributed by atoms with E-state index in [1.54, 1.807) is 0 Å². The summed E-state index contributed by atoms with van der Waals surface area (Å²) in [5, 5.41) is 20.6. The molecule has 2 amide bonds. The minimum absolute atomic E-state index is 0.112. The molecule has 0 bridgehead atoms. The topological polar surface area (TPSA) is 100 Å². The van der Waals surface area contributed by atoms with Gasteiger partial charge in [0.05, 0.1) is 11.8 Å². The number of amides is 2. The predicted octanol–water partition coefficient (Wildman–Crippen LogP) is 3.47. The molecule has 1 aliphatic heterocycles. The van der Waals surface area contributed by atoms with E-state index in [2.05, 4.69) is 35.7 Å². The SMILES string of the molecule is C[C@]12CC/C(=N/OCC(=O)NC3CCCCNC3=O)C=C1CCC1C2CC[C@@]2(C)C1CC[C@H]2O. The first-order valence-electron chi connectivity index (χ1n) is 13.5. The van der Waals surface area contributed by atoms with Crippen LogP contribution in [0.5, 0.6) is 0 Å². The highest BCUT2D eigenvalue weighted by Gasteiger charge is 2.58. The summed E-state index contributed by atoms with van der Waals surface area (Å²) in [6, 6.07) is -0.475. The Morgan fingerprint density at radius 3 is 2.85 bits per heavy atom. The van der Waals surface area contributed by atoms with Crippen LogP contribution in [-0.2, 0) is 14.4 Å². The minimum atomic E-state index is -0.475. The summed E-state index contributed by atoms with van der Waals surface area (Å²) >= 11 is 0. The number of aliphatic hydroxyl groups excluding tert-OH is 1. The number of oxime groups is 1. The maximum Gasteiger partial charge on any atom is 0.261 e. The van der Waals surface area contributed by atoms with Crippen LogP contribution < -0.4 is 10.6 Å². The average molecular weight is 472 g/mol. The predicted molar refractivity (Wildman–Crippen MR) is 130 cm³/mol. The Hall–Kier alpha value is -1.89. The minimum Gasteiger partial charge on any atom is -0.393 e. The second kappa shape index (κ2) is 9.29. The van der Waals surface area contributed by atoms with Gasteiger partial charge in [-0.05, 0) is 105 Å². The van der Waals surface area contributed by atoms with E-state index in [-0.39, 0.29) is 35.4 Å². The molecule has 5 aliphatic rings. The third-order valence-electron chi connectivity index (χ3n) is 10.2. The van der Waals surface area contributed by atoms with Crippen molar-refractivity contribution in [2.24, 2.45) is 33.7 Å². The van der Waals surface area contributed by atoms with Gasteiger partial charge in [-0.2, -0.15) is 0 Å². The quantitative estimate of drug-likeness (QED) is 0.547. The highest BCUT2D eigenvalue weighted by molar-refractivity contribution is 5.96. The normalized spacial score (nSPS) is 43.0. The Morgan fingerprint density at radius 1 is 1.15 bits per heavy atom. The van der Waals surface area contributed by atoms with Crippen molar-refractivity contribution < 1.29 is 19.5 Å². The number of hydrogen-bond acceptors (Lipinski definition) is 5. The van der Waals surface area contributed by atoms with Crippen LogP contribution in [-0.4, -0.2) is 47.9 Å². The number of carbonyl (C=O) groups is 2. The number of hydrogen-bond donors (Lipinski definition) is 3. The van der Waals surface area contributed by atoms with Gasteiger partial charge in [0.25, 0.3) is 5.91 Å². The van der Waals surface area contributed by atoms with E-state index in [9.17, 15) is 14.7 Å². The van der Waals surface area contributed by atoms with Crippen LogP contribution in [0.2, 0.25) is 0 Å². The maximum absolute atomic E-state index is 12.3. The van der Waals surface area contributed by atoms with Gasteiger partial charge in [0.2, 0.25) is 5.91 Å². The molecule has 4 fully saturated rings. The van der Waals surface area contributed by atoms with E-state index in [0.717, 1.165) is 56.6 Å². The fraction of sp³-hybridized carbons (Fsp3) is 0.815. The first-order chi connectivity index (χ1) is 16.3. The van der Waals surface area contributed by atoms with Crippen LogP contribution in [0.3, 0.4) is 0 Å². The largest absolute Gasteiger partial charge is 0.393 e. The van der Waals surface area contributed by atoms with Crippen molar-refractivity contribution in [3.63, 3.8) is 0 Å². The number of nitrogens with one attached hydrogen (secondary N) is 2. The molecule has 0 radical (unpaired) electrons. The van der Waals surface area contributed by atoms with E-state index in [1.807, 2.05) is 0 Å². The molecule has 1 saturated heterocycles. The molecule has 3 saturated carbocycles. The van der Waals surface area contributed by atoms with Gasteiger partial charge in [-0.25, -0.2) is 0 Å². The standard InChI is InChI=1S/C27H41N3O4/c1-26-12-10-18(30-34-16-24(32)29-22-5-3-4-14-28-25(22)33)15-17(26)6-7-19-20-8-9-23(31)27(20,2)13-11-21(19)26/h15,19-23,31H,3-14,16H2,1-2H3,(H,28,33)(H,29,32)/b30-18-/t19?,20?,21?,22?,23-,26+,27+/m1/s1. The van der Waals surface area contributed by atoms with E-state index in [4.69, 9.17) is 4.84 Å². The van der Waals surface area contributed by atoms with Crippen LogP contribution in [0.15, 0.2) is 16.8 Å². The van der Waals surface area contributed by atoms with Gasteiger partial charge in [-0.1, -0.05) is 24.6 Å². The van der Waals surface area contributed by atoms with Crippen LogP contribution in [0.4, 0.5) is 0 Å². The summed E-state index contributed by atoms with van der Waals surface area (Å²) in [6.45, 7) is 5.29. The number of allylic oxidation sites excluding steroid dienone is 2. The molecule has 4 aliphatic carbocycles. The van der Waals surface area contributed by atoms with Crippen LogP contribution in [0, 0.1) is 28.6 Å². The molecule has 7 nitrogen and oxygen atoms in total. The molecular weight excluding hydrogens is 430 g/mol. The lowest BCUT2D eigenvalue weighted by Gasteiger charge is -2.57. The Labute approximate surface area is 203 Å². The summed E-state index contributed by atoms with van der Waals surface area (Å²) in [5.41, 5.74) is 2.74. The number of fused-ring (bicyclic) bond motifs is 5. The van der Waals surface area contributed by atoms with Crippen molar-refractivity contribution in [3.05, 3.63) is 11.6 Å². The first kappa shape index (κ1) is 23.8. The maximum atomic E-state index is 12.3. The van der Waals surface area contributed by atoms with E-state index in [1.165, 1.54) is 24.8 Å². The summed E-state index contributed by atoms with van der Waals surface area (Å²) < 4.78 is 0. The molecular formula is C27H41N3O4. The van der Waals surface area contributed by atoms with E-state index < -0.39 is 6.04 Å². The third kappa shape index (κ3) is 4.18. The fourth-order valence-corrected chi connectivity index (χ4v) is 8.10. The third-order valence-corrected chi connectivity index (χ3v) is 10.2. The van der Waals surface area contributed by atoms with Gasteiger partial charge in [0.1, 0.15) is 6.04 Å². The highest BCUT2D eigenvalue weighted by atomic mass is 16.6. The van der Waals surface area contributed by atoms with Crippen molar-refractivity contribution >= 4 is 17.5 Å². The van der Waals surface area contributed by atoms with Crippen LogP contribution in [0.25, 0.3) is 0 Å². The van der Waals surface area contributed by atoms with Crippen molar-refractivity contribution in [1.82, 2.24) is 10.6 Å². The van der Waals surface area contributed by atoms with Crippen molar-refractivity contribution in [3.8, 4) is 0 Å². The lowest BCUT2D eigenvalue weighted by atomic mass is 9.47. The van der Waals surface area contributed by atoms with Gasteiger partial charge in [0, 0.05) is 6.54 Å². The Bertz CT molecular complexity index is 885. The molecule has 7 atom stereocenters. The fourth-order valence-electron chi connectivity index (χ4n) is 8.10. The van der Waals surface area contributed by atoms with Crippen LogP contribution >= 0.6 is 0 Å². The van der Waals surface area contributed by atoms with E-state index >= 15 is 0 Å². The smallest absolute Gasteiger partial charge is 0.261 e. The lowest BCUT2D eigenvalue weighted by Crippen LogP contribution is -2.51. The summed E-state index contributed by atoms with van der Waals surface area (Å²) in [6.07, 6.45) is 13.4. The number of aliphatic hydroxyl groups is 1. The van der Waals surface area contributed by atoms with Crippen molar-refractivity contribution in [2.45, 2.75) is 96.6 Å². The molecule has 0 aromatic carbocycles. The molecule has 3 N–H and O–H groups in total. The summed E-state index contributed by atoms with van der Waals surface area (Å²) in [5.74, 6) is 1.66. The molecule has 0 spiro atoms. The lowest BCUT2D eigenvalue weighted by molar-refractivity contribution is -0.131. The molecule has 34 heavy (non-hydrogen) atoms. The Morgan fingerprint density at radius 2 is 2.00 bits per heavy atom. The van der Waals surface area contributed by atoms with Gasteiger partial charge >= 0.3 is 0 Å². The molecule has 5 rings (SSSR count). The Kier molecular flexibility index (Phi) is 6.51. The highest BCUT2D eigenvalue weighted by Crippen LogP contribution is 2.65. The Balaban J connectivity index is 1.19. The van der Waals surface area contributed by atoms with Crippen LogP contribution in [0.1, 0.15) is 84.5 Å². The number of nitrogens with zero attached hydrogens (tertiary/aromatic N) is 1. The van der Waals surface area contributed by atoms with Crippen molar-refractivity contribution in [2.75, 3.05) is 13.2 Å². The second-order valence-electron chi connectivity index (χ2n) is 11.9. The zero-order valence-electron chi connectivity index (χ0n) is 20.8. The monoisotopic (exact) mass is 471 g/mol. The van der Waals surface area contributed by atoms with Gasteiger partial charge in [-0.15, -0.1) is 0 Å². The summed E-state index contributed by atoms with van der Waals surface area (Å²) in [4.78, 5) is 29.7. The van der Waals surface area contributed by atoms with Gasteiger partial charge in [0.15, 0.2) is 6.61 Å².